The van der Waals surface area contributed by atoms with Crippen molar-refractivity contribution in [1.82, 2.24) is 9.97 Å². The summed E-state index contributed by atoms with van der Waals surface area (Å²) in [5.74, 6) is 0.547. The summed E-state index contributed by atoms with van der Waals surface area (Å²) in [5, 5.41) is 4.05. The highest BCUT2D eigenvalue weighted by Crippen LogP contribution is 2.25. The number of nitrogens with one attached hydrogen (secondary N) is 2. The molecule has 0 saturated carbocycles. The minimum absolute atomic E-state index is 0.164. The van der Waals surface area contributed by atoms with Crippen molar-refractivity contribution >= 4 is 28.6 Å². The number of anilines is 1. The molecule has 0 radical (unpaired) electrons. The first-order chi connectivity index (χ1) is 11.7. The number of aryl methyl sites for hydroxylation is 1. The fraction of sp³-hybridized carbons (Fsp3) is 0.0526. The molecule has 0 unspecified atom stereocenters. The third kappa shape index (κ3) is 2.67. The molecular weight excluding hydrogens is 302 g/mol. The van der Waals surface area contributed by atoms with Crippen LogP contribution in [-0.2, 0) is 9.53 Å². The molecule has 1 aliphatic heterocycles. The first kappa shape index (κ1) is 14.3. The van der Waals surface area contributed by atoms with Crippen LogP contribution in [0.1, 0.15) is 11.1 Å². The van der Waals surface area contributed by atoms with Crippen molar-refractivity contribution < 1.29 is 9.53 Å². The van der Waals surface area contributed by atoms with Crippen molar-refractivity contribution in [1.29, 1.82) is 0 Å². The largest absolute Gasteiger partial charge is 0.437 e. The Kier molecular flexibility index (Phi) is 3.39. The molecule has 118 valence electrons. The zero-order valence-corrected chi connectivity index (χ0v) is 13.0. The van der Waals surface area contributed by atoms with E-state index in [-0.39, 0.29) is 11.5 Å². The first-order valence-electron chi connectivity index (χ1n) is 7.60. The lowest BCUT2D eigenvalue weighted by atomic mass is 10.2. The number of allylic oxidation sites excluding steroid dienone is 1. The third-order valence-electron chi connectivity index (χ3n) is 3.81. The van der Waals surface area contributed by atoms with E-state index < -0.39 is 0 Å². The van der Waals surface area contributed by atoms with E-state index in [2.05, 4.69) is 15.3 Å². The minimum atomic E-state index is -0.164. The van der Waals surface area contributed by atoms with Crippen LogP contribution in [0.2, 0.25) is 0 Å². The molecule has 0 atom stereocenters. The summed E-state index contributed by atoms with van der Waals surface area (Å²) in [6.45, 7) is 2.02. The van der Waals surface area contributed by atoms with Gasteiger partial charge in [-0.15, -0.1) is 0 Å². The van der Waals surface area contributed by atoms with Gasteiger partial charge in [0.2, 0.25) is 11.7 Å². The van der Waals surface area contributed by atoms with Gasteiger partial charge in [-0.25, -0.2) is 4.98 Å². The van der Waals surface area contributed by atoms with Crippen LogP contribution < -0.4 is 5.32 Å². The molecule has 0 aliphatic carbocycles. The Bertz CT molecular complexity index is 981. The number of carbonyl (C=O) groups excluding carboxylic acids is 1. The quantitative estimate of drug-likeness (QED) is 0.722. The lowest BCUT2D eigenvalue weighted by molar-refractivity contribution is -0.112. The van der Waals surface area contributed by atoms with Gasteiger partial charge in [-0.05, 0) is 37.3 Å². The molecule has 0 spiro atoms. The SMILES string of the molecule is Cc1ccc(NC2=CC(=O)C(=Cc3c[nH]c4ncccc34)O2)cc1. The topological polar surface area (TPSA) is 67.0 Å². The van der Waals surface area contributed by atoms with Crippen LogP contribution >= 0.6 is 0 Å². The highest BCUT2D eigenvalue weighted by molar-refractivity contribution is 6.09. The minimum Gasteiger partial charge on any atom is -0.437 e. The molecule has 5 heteroatoms. The number of fused-ring (bicyclic) bond motifs is 1. The summed E-state index contributed by atoms with van der Waals surface area (Å²) < 4.78 is 5.66. The summed E-state index contributed by atoms with van der Waals surface area (Å²) in [4.78, 5) is 19.5. The summed E-state index contributed by atoms with van der Waals surface area (Å²) in [5.41, 5.74) is 3.69. The second-order valence-corrected chi connectivity index (χ2v) is 5.62. The molecule has 3 aromatic rings. The summed E-state index contributed by atoms with van der Waals surface area (Å²) in [6.07, 6.45) is 6.72. The molecule has 0 amide bonds. The Labute approximate surface area is 138 Å². The van der Waals surface area contributed by atoms with E-state index in [1.807, 2.05) is 49.5 Å². The number of hydrogen-bond donors (Lipinski definition) is 2. The molecule has 2 N–H and O–H groups in total. The number of benzene rings is 1. The molecule has 3 heterocycles. The average Bonchev–Trinajstić information content (AvgIpc) is 3.14. The number of ketones is 1. The van der Waals surface area contributed by atoms with Gasteiger partial charge in [-0.3, -0.25) is 4.79 Å². The van der Waals surface area contributed by atoms with E-state index in [1.165, 1.54) is 11.6 Å². The second-order valence-electron chi connectivity index (χ2n) is 5.62. The van der Waals surface area contributed by atoms with Gasteiger partial charge in [0.1, 0.15) is 5.65 Å². The number of rotatable bonds is 3. The number of H-pyrrole nitrogens is 1. The summed E-state index contributed by atoms with van der Waals surface area (Å²) in [6, 6.07) is 11.7. The van der Waals surface area contributed by atoms with E-state index >= 15 is 0 Å². The molecular formula is C19H15N3O2. The van der Waals surface area contributed by atoms with Gasteiger partial charge >= 0.3 is 0 Å². The van der Waals surface area contributed by atoms with Crippen LogP contribution in [0.25, 0.3) is 17.1 Å². The summed E-state index contributed by atoms with van der Waals surface area (Å²) in [7, 11) is 0. The van der Waals surface area contributed by atoms with Crippen molar-refractivity contribution in [3.05, 3.63) is 77.6 Å². The smallest absolute Gasteiger partial charge is 0.226 e. The van der Waals surface area contributed by atoms with Crippen LogP contribution in [0.3, 0.4) is 0 Å². The molecule has 24 heavy (non-hydrogen) atoms. The maximum absolute atomic E-state index is 12.2. The van der Waals surface area contributed by atoms with Gasteiger partial charge < -0.3 is 15.0 Å². The van der Waals surface area contributed by atoms with Gasteiger partial charge in [0.15, 0.2) is 5.76 Å². The normalized spacial score (nSPS) is 15.6. The van der Waals surface area contributed by atoms with E-state index in [0.717, 1.165) is 22.3 Å². The monoisotopic (exact) mass is 317 g/mol. The highest BCUT2D eigenvalue weighted by Gasteiger charge is 2.21. The Morgan fingerprint density at radius 1 is 1.21 bits per heavy atom. The Balaban J connectivity index is 1.56. The van der Waals surface area contributed by atoms with Crippen LogP contribution in [0.5, 0.6) is 0 Å². The fourth-order valence-corrected chi connectivity index (χ4v) is 2.57. The zero-order chi connectivity index (χ0) is 16.5. The van der Waals surface area contributed by atoms with E-state index in [9.17, 15) is 4.79 Å². The van der Waals surface area contributed by atoms with Crippen molar-refractivity contribution in [2.45, 2.75) is 6.92 Å². The fourth-order valence-electron chi connectivity index (χ4n) is 2.57. The molecule has 0 saturated heterocycles. The number of nitrogens with zero attached hydrogens (tertiary/aromatic N) is 1. The van der Waals surface area contributed by atoms with Crippen molar-refractivity contribution in [2.24, 2.45) is 0 Å². The third-order valence-corrected chi connectivity index (χ3v) is 3.81. The number of ether oxygens (including phenoxy) is 1. The van der Waals surface area contributed by atoms with Gasteiger partial charge in [0.25, 0.3) is 0 Å². The maximum Gasteiger partial charge on any atom is 0.226 e. The number of aromatic nitrogens is 2. The van der Waals surface area contributed by atoms with E-state index in [1.54, 1.807) is 12.3 Å². The second kappa shape index (κ2) is 5.70. The van der Waals surface area contributed by atoms with Crippen LogP contribution in [0.4, 0.5) is 5.69 Å². The molecule has 5 nitrogen and oxygen atoms in total. The molecule has 1 aromatic carbocycles. The van der Waals surface area contributed by atoms with Gasteiger partial charge in [0.05, 0.1) is 6.08 Å². The highest BCUT2D eigenvalue weighted by atomic mass is 16.5. The van der Waals surface area contributed by atoms with E-state index in [4.69, 9.17) is 4.74 Å². The molecule has 0 bridgehead atoms. The molecule has 4 rings (SSSR count). The van der Waals surface area contributed by atoms with Crippen molar-refractivity contribution in [2.75, 3.05) is 5.32 Å². The summed E-state index contributed by atoms with van der Waals surface area (Å²) >= 11 is 0. The van der Waals surface area contributed by atoms with Crippen molar-refractivity contribution in [3.63, 3.8) is 0 Å². The van der Waals surface area contributed by atoms with Gasteiger partial charge in [-0.1, -0.05) is 17.7 Å². The lowest BCUT2D eigenvalue weighted by Crippen LogP contribution is -1.99. The van der Waals surface area contributed by atoms with Crippen LogP contribution in [0, 0.1) is 6.92 Å². The average molecular weight is 317 g/mol. The zero-order valence-electron chi connectivity index (χ0n) is 13.0. The first-order valence-corrected chi connectivity index (χ1v) is 7.60. The Hall–Kier alpha value is -3.34. The number of carbonyl (C=O) groups is 1. The van der Waals surface area contributed by atoms with E-state index in [0.29, 0.717) is 5.88 Å². The van der Waals surface area contributed by atoms with Crippen LogP contribution in [-0.4, -0.2) is 15.8 Å². The molecule has 1 aliphatic rings. The molecule has 0 fully saturated rings. The predicted molar refractivity (Wildman–Crippen MR) is 93.0 cm³/mol. The maximum atomic E-state index is 12.2. The van der Waals surface area contributed by atoms with Crippen molar-refractivity contribution in [3.8, 4) is 0 Å². The Morgan fingerprint density at radius 3 is 2.88 bits per heavy atom. The van der Waals surface area contributed by atoms with Crippen LogP contribution in [0.15, 0.2) is 66.5 Å². The standard InChI is InChI=1S/C19H15N3O2/c1-12-4-6-14(7-5-12)22-18-10-16(23)17(24-18)9-13-11-21-19-15(13)3-2-8-20-19/h2-11,22H,1H3,(H,20,21). The predicted octanol–water partition coefficient (Wildman–Crippen LogP) is 3.77. The van der Waals surface area contributed by atoms with Gasteiger partial charge in [-0.2, -0.15) is 0 Å². The number of hydrogen-bond acceptors (Lipinski definition) is 4. The number of pyridine rings is 1. The Morgan fingerprint density at radius 2 is 2.04 bits per heavy atom. The molecule has 2 aromatic heterocycles. The lowest BCUT2D eigenvalue weighted by Gasteiger charge is -2.07. The number of aromatic amines is 1. The van der Waals surface area contributed by atoms with Gasteiger partial charge in [0, 0.05) is 29.0 Å².